The molecule has 1 fully saturated rings. The second-order valence-electron chi connectivity index (χ2n) is 5.11. The third-order valence-corrected chi connectivity index (χ3v) is 3.72. The summed E-state index contributed by atoms with van der Waals surface area (Å²) in [5.41, 5.74) is 1.51. The number of benzene rings is 1. The van der Waals surface area contributed by atoms with E-state index in [1.165, 1.54) is 0 Å². The maximum atomic E-state index is 12.2. The summed E-state index contributed by atoms with van der Waals surface area (Å²) < 4.78 is 5.13. The molecule has 1 aliphatic rings. The number of carbonyl (C=O) groups is 1. The van der Waals surface area contributed by atoms with Gasteiger partial charge in [-0.25, -0.2) is 0 Å². The molecule has 1 saturated carbocycles. The normalized spacial score (nSPS) is 22.9. The van der Waals surface area contributed by atoms with Crippen LogP contribution in [0.25, 0.3) is 0 Å². The number of aliphatic hydroxyl groups is 1. The number of carbonyl (C=O) groups excluding carboxylic acids is 1. The van der Waals surface area contributed by atoms with Gasteiger partial charge in [-0.3, -0.25) is 4.79 Å². The number of hydrogen-bond acceptors (Lipinski definition) is 3. The molecule has 0 aliphatic heterocycles. The van der Waals surface area contributed by atoms with Crippen molar-refractivity contribution in [1.82, 2.24) is 5.32 Å². The van der Waals surface area contributed by atoms with Crippen LogP contribution in [0.1, 0.15) is 41.6 Å². The lowest BCUT2D eigenvalue weighted by Crippen LogP contribution is -2.45. The van der Waals surface area contributed by atoms with Gasteiger partial charge in [0.15, 0.2) is 0 Å². The predicted molar refractivity (Wildman–Crippen MR) is 73.5 cm³/mol. The third-order valence-electron chi connectivity index (χ3n) is 3.72. The van der Waals surface area contributed by atoms with E-state index in [-0.39, 0.29) is 11.9 Å². The Morgan fingerprint density at radius 2 is 2.11 bits per heavy atom. The van der Waals surface area contributed by atoms with Crippen LogP contribution >= 0.6 is 0 Å². The van der Waals surface area contributed by atoms with Gasteiger partial charge in [0.1, 0.15) is 5.75 Å². The van der Waals surface area contributed by atoms with E-state index >= 15 is 0 Å². The van der Waals surface area contributed by atoms with Crippen molar-refractivity contribution in [3.05, 3.63) is 29.3 Å². The summed E-state index contributed by atoms with van der Waals surface area (Å²) in [6.45, 7) is 1.88. The fourth-order valence-electron chi connectivity index (χ4n) is 2.54. The Hall–Kier alpha value is -1.55. The van der Waals surface area contributed by atoms with Gasteiger partial charge in [0.25, 0.3) is 5.91 Å². The summed E-state index contributed by atoms with van der Waals surface area (Å²) in [7, 11) is 1.60. The van der Waals surface area contributed by atoms with Crippen LogP contribution in [0.2, 0.25) is 0 Å². The maximum Gasteiger partial charge on any atom is 0.251 e. The number of hydrogen-bond donors (Lipinski definition) is 2. The summed E-state index contributed by atoms with van der Waals surface area (Å²) in [5, 5.41) is 12.8. The van der Waals surface area contributed by atoms with Crippen molar-refractivity contribution in [3.8, 4) is 5.75 Å². The Morgan fingerprint density at radius 1 is 1.37 bits per heavy atom. The van der Waals surface area contributed by atoms with Gasteiger partial charge >= 0.3 is 0 Å². The van der Waals surface area contributed by atoms with Crippen molar-refractivity contribution in [2.24, 2.45) is 0 Å². The molecule has 2 rings (SSSR count). The molecule has 1 amide bonds. The molecule has 1 aromatic carbocycles. The fraction of sp³-hybridized carbons (Fsp3) is 0.533. The lowest BCUT2D eigenvalue weighted by Gasteiger charge is -2.28. The minimum atomic E-state index is -0.420. The van der Waals surface area contributed by atoms with Gasteiger partial charge in [-0.1, -0.05) is 12.8 Å². The topological polar surface area (TPSA) is 58.6 Å². The van der Waals surface area contributed by atoms with Crippen LogP contribution in [0.15, 0.2) is 18.2 Å². The van der Waals surface area contributed by atoms with Gasteiger partial charge in [0, 0.05) is 5.56 Å². The maximum absolute atomic E-state index is 12.2. The molecule has 1 aliphatic carbocycles. The van der Waals surface area contributed by atoms with E-state index in [9.17, 15) is 9.90 Å². The summed E-state index contributed by atoms with van der Waals surface area (Å²) in [6.07, 6.45) is 3.30. The summed E-state index contributed by atoms with van der Waals surface area (Å²) >= 11 is 0. The first-order valence-electron chi connectivity index (χ1n) is 6.75. The van der Waals surface area contributed by atoms with Crippen LogP contribution in [-0.4, -0.2) is 30.3 Å². The van der Waals surface area contributed by atoms with Gasteiger partial charge in [0.05, 0.1) is 19.3 Å². The van der Waals surface area contributed by atoms with Crippen molar-refractivity contribution in [3.63, 3.8) is 0 Å². The lowest BCUT2D eigenvalue weighted by molar-refractivity contribution is 0.0717. The van der Waals surface area contributed by atoms with Crippen LogP contribution in [0.5, 0.6) is 5.75 Å². The zero-order valence-corrected chi connectivity index (χ0v) is 11.5. The highest BCUT2D eigenvalue weighted by Gasteiger charge is 2.25. The second kappa shape index (κ2) is 6.06. The Kier molecular flexibility index (Phi) is 4.43. The number of aryl methyl sites for hydroxylation is 1. The average molecular weight is 263 g/mol. The molecule has 0 heterocycles. The van der Waals surface area contributed by atoms with E-state index in [1.54, 1.807) is 19.2 Å². The largest absolute Gasteiger partial charge is 0.497 e. The smallest absolute Gasteiger partial charge is 0.251 e. The van der Waals surface area contributed by atoms with Crippen molar-refractivity contribution in [2.45, 2.75) is 44.8 Å². The Bertz CT molecular complexity index is 459. The molecule has 104 valence electrons. The Labute approximate surface area is 113 Å². The van der Waals surface area contributed by atoms with Crippen LogP contribution in [0, 0.1) is 6.92 Å². The molecule has 4 nitrogen and oxygen atoms in total. The lowest BCUT2D eigenvalue weighted by atomic mass is 9.92. The highest BCUT2D eigenvalue weighted by Crippen LogP contribution is 2.20. The molecule has 2 N–H and O–H groups in total. The number of methoxy groups -OCH3 is 1. The SMILES string of the molecule is COc1ccc(C(=O)NC2CCCCC2O)c(C)c1. The minimum Gasteiger partial charge on any atom is -0.497 e. The van der Waals surface area contributed by atoms with Gasteiger partial charge in [-0.2, -0.15) is 0 Å². The summed E-state index contributed by atoms with van der Waals surface area (Å²) in [5.74, 6) is 0.623. The third kappa shape index (κ3) is 3.26. The molecule has 19 heavy (non-hydrogen) atoms. The minimum absolute atomic E-state index is 0.119. The number of ether oxygens (including phenoxy) is 1. The van der Waals surface area contributed by atoms with Crippen molar-refractivity contribution in [1.29, 1.82) is 0 Å². The predicted octanol–water partition coefficient (Wildman–Crippen LogP) is 2.04. The Balaban J connectivity index is 2.07. The molecule has 4 heteroatoms. The number of rotatable bonds is 3. The monoisotopic (exact) mass is 263 g/mol. The first-order valence-corrected chi connectivity index (χ1v) is 6.75. The van der Waals surface area contributed by atoms with Crippen molar-refractivity contribution < 1.29 is 14.6 Å². The molecule has 1 aromatic rings. The van der Waals surface area contributed by atoms with Crippen LogP contribution in [-0.2, 0) is 0 Å². The van der Waals surface area contributed by atoms with Gasteiger partial charge in [0.2, 0.25) is 0 Å². The van der Waals surface area contributed by atoms with Gasteiger partial charge < -0.3 is 15.2 Å². The number of amides is 1. The Morgan fingerprint density at radius 3 is 2.74 bits per heavy atom. The second-order valence-corrected chi connectivity index (χ2v) is 5.11. The van der Waals surface area contributed by atoms with Crippen LogP contribution in [0.4, 0.5) is 0 Å². The molecule has 0 spiro atoms. The summed E-state index contributed by atoms with van der Waals surface area (Å²) in [4.78, 5) is 12.2. The first kappa shape index (κ1) is 13.9. The molecule has 2 atom stereocenters. The fourth-order valence-corrected chi connectivity index (χ4v) is 2.54. The van der Waals surface area contributed by atoms with E-state index in [1.807, 2.05) is 13.0 Å². The molecule has 2 unspecified atom stereocenters. The summed E-state index contributed by atoms with van der Waals surface area (Å²) in [6, 6.07) is 5.26. The van der Waals surface area contributed by atoms with Crippen molar-refractivity contribution >= 4 is 5.91 Å². The zero-order chi connectivity index (χ0) is 13.8. The van der Waals surface area contributed by atoms with E-state index in [2.05, 4.69) is 5.32 Å². The van der Waals surface area contributed by atoms with Gasteiger partial charge in [-0.15, -0.1) is 0 Å². The van der Waals surface area contributed by atoms with Gasteiger partial charge in [-0.05, 0) is 43.5 Å². The molecular weight excluding hydrogens is 242 g/mol. The molecule has 0 radical (unpaired) electrons. The highest BCUT2D eigenvalue weighted by molar-refractivity contribution is 5.96. The van der Waals surface area contributed by atoms with E-state index in [4.69, 9.17) is 4.74 Å². The van der Waals surface area contributed by atoms with E-state index in [0.29, 0.717) is 5.56 Å². The van der Waals surface area contributed by atoms with Crippen LogP contribution < -0.4 is 10.1 Å². The molecular formula is C15H21NO3. The molecule has 0 saturated heterocycles. The quantitative estimate of drug-likeness (QED) is 0.877. The van der Waals surface area contributed by atoms with E-state index in [0.717, 1.165) is 37.0 Å². The zero-order valence-electron chi connectivity index (χ0n) is 11.5. The first-order chi connectivity index (χ1) is 9.11. The van der Waals surface area contributed by atoms with Crippen molar-refractivity contribution in [2.75, 3.05) is 7.11 Å². The standard InChI is InChI=1S/C15H21NO3/c1-10-9-11(19-2)7-8-12(10)15(18)16-13-5-3-4-6-14(13)17/h7-9,13-14,17H,3-6H2,1-2H3,(H,16,18). The highest BCUT2D eigenvalue weighted by atomic mass is 16.5. The van der Waals surface area contributed by atoms with E-state index < -0.39 is 6.10 Å². The molecule has 0 aromatic heterocycles. The number of aliphatic hydroxyl groups excluding tert-OH is 1. The molecule has 0 bridgehead atoms. The average Bonchev–Trinajstić information content (AvgIpc) is 2.41. The number of nitrogens with one attached hydrogen (secondary N) is 1. The van der Waals surface area contributed by atoms with Crippen LogP contribution in [0.3, 0.4) is 0 Å².